The molecule has 1 aromatic rings. The zero-order valence-corrected chi connectivity index (χ0v) is 11.7. The molecule has 94 valence electrons. The minimum Gasteiger partial charge on any atom is -0.496 e. The van der Waals surface area contributed by atoms with Crippen molar-refractivity contribution in [2.45, 2.75) is 46.5 Å². The number of rotatable bonds is 4. The molecule has 17 heavy (non-hydrogen) atoms. The lowest BCUT2D eigenvalue weighted by Crippen LogP contribution is -2.23. The van der Waals surface area contributed by atoms with E-state index < -0.39 is 0 Å². The molecule has 0 aromatic heterocycles. The number of hydrogen-bond donors (Lipinski definition) is 0. The Balaban J connectivity index is 3.33. The topological polar surface area (TPSA) is 26.3 Å². The van der Waals surface area contributed by atoms with E-state index in [0.717, 1.165) is 11.3 Å². The molecule has 0 atom stereocenters. The van der Waals surface area contributed by atoms with Gasteiger partial charge in [-0.3, -0.25) is 4.79 Å². The standard InChI is InChI=1S/C15H22O2/c1-10-7-11(2)14(13(8-10)17-6)15(4,5)9-12(3)16/h7-8H,9H2,1-6H3. The predicted octanol–water partition coefficient (Wildman–Crippen LogP) is 3.57. The van der Waals surface area contributed by atoms with Gasteiger partial charge in [0.1, 0.15) is 11.5 Å². The van der Waals surface area contributed by atoms with Gasteiger partial charge >= 0.3 is 0 Å². The molecular weight excluding hydrogens is 212 g/mol. The second kappa shape index (κ2) is 4.91. The molecule has 0 aliphatic carbocycles. The van der Waals surface area contributed by atoms with Crippen LogP contribution in [-0.4, -0.2) is 12.9 Å². The molecule has 0 radical (unpaired) electrons. The summed E-state index contributed by atoms with van der Waals surface area (Å²) in [5.41, 5.74) is 3.32. The average molecular weight is 234 g/mol. The number of carbonyl (C=O) groups is 1. The van der Waals surface area contributed by atoms with Gasteiger partial charge in [-0.05, 0) is 38.0 Å². The molecule has 0 aliphatic heterocycles. The molecule has 2 heteroatoms. The number of aryl methyl sites for hydroxylation is 2. The van der Waals surface area contributed by atoms with Crippen LogP contribution in [0.4, 0.5) is 0 Å². The molecule has 0 bridgehead atoms. The lowest BCUT2D eigenvalue weighted by Gasteiger charge is -2.28. The van der Waals surface area contributed by atoms with Gasteiger partial charge in [-0.2, -0.15) is 0 Å². The highest BCUT2D eigenvalue weighted by Crippen LogP contribution is 2.37. The van der Waals surface area contributed by atoms with Crippen LogP contribution in [0.2, 0.25) is 0 Å². The highest BCUT2D eigenvalue weighted by Gasteiger charge is 2.28. The molecule has 0 heterocycles. The van der Waals surface area contributed by atoms with Gasteiger partial charge in [-0.15, -0.1) is 0 Å². The molecular formula is C15H22O2. The number of hydrogen-bond acceptors (Lipinski definition) is 2. The van der Waals surface area contributed by atoms with Crippen LogP contribution in [0, 0.1) is 13.8 Å². The third-order valence-electron chi connectivity index (χ3n) is 3.03. The Morgan fingerprint density at radius 2 is 1.88 bits per heavy atom. The second-order valence-electron chi connectivity index (χ2n) is 5.42. The maximum atomic E-state index is 11.4. The normalized spacial score (nSPS) is 11.4. The van der Waals surface area contributed by atoms with Crippen molar-refractivity contribution in [1.82, 2.24) is 0 Å². The van der Waals surface area contributed by atoms with Crippen molar-refractivity contribution in [3.8, 4) is 5.75 Å². The summed E-state index contributed by atoms with van der Waals surface area (Å²) >= 11 is 0. The highest BCUT2D eigenvalue weighted by molar-refractivity contribution is 5.77. The van der Waals surface area contributed by atoms with Crippen molar-refractivity contribution < 1.29 is 9.53 Å². The molecule has 0 N–H and O–H groups in total. The van der Waals surface area contributed by atoms with E-state index in [4.69, 9.17) is 4.74 Å². The van der Waals surface area contributed by atoms with Gasteiger partial charge < -0.3 is 4.74 Å². The number of ether oxygens (including phenoxy) is 1. The lowest BCUT2D eigenvalue weighted by atomic mass is 9.77. The molecule has 0 amide bonds. The van der Waals surface area contributed by atoms with Crippen molar-refractivity contribution in [3.63, 3.8) is 0 Å². The fourth-order valence-electron chi connectivity index (χ4n) is 2.67. The Hall–Kier alpha value is -1.31. The smallest absolute Gasteiger partial charge is 0.130 e. The largest absolute Gasteiger partial charge is 0.496 e. The first-order valence-corrected chi connectivity index (χ1v) is 5.93. The summed E-state index contributed by atoms with van der Waals surface area (Å²) < 4.78 is 5.46. The van der Waals surface area contributed by atoms with Crippen LogP contribution in [0.3, 0.4) is 0 Å². The summed E-state index contributed by atoms with van der Waals surface area (Å²) in [6.07, 6.45) is 0.535. The minimum atomic E-state index is -0.186. The monoisotopic (exact) mass is 234 g/mol. The summed E-state index contributed by atoms with van der Waals surface area (Å²) in [6.45, 7) is 9.95. The fourth-order valence-corrected chi connectivity index (χ4v) is 2.67. The first kappa shape index (κ1) is 13.8. The van der Waals surface area contributed by atoms with E-state index in [2.05, 4.69) is 33.8 Å². The summed E-state index contributed by atoms with van der Waals surface area (Å²) in [7, 11) is 1.68. The number of carbonyl (C=O) groups excluding carboxylic acids is 1. The van der Waals surface area contributed by atoms with Gasteiger partial charge in [0.2, 0.25) is 0 Å². The number of Topliss-reactive ketones (excluding diaryl/α,β-unsaturated/α-hetero) is 1. The number of benzene rings is 1. The Bertz CT molecular complexity index is 431. The van der Waals surface area contributed by atoms with E-state index in [0.29, 0.717) is 6.42 Å². The van der Waals surface area contributed by atoms with Crippen LogP contribution in [0.5, 0.6) is 5.75 Å². The van der Waals surface area contributed by atoms with E-state index in [1.54, 1.807) is 14.0 Å². The van der Waals surface area contributed by atoms with E-state index in [1.807, 2.05) is 6.07 Å². The van der Waals surface area contributed by atoms with Gasteiger partial charge in [0, 0.05) is 17.4 Å². The zero-order valence-electron chi connectivity index (χ0n) is 11.7. The quantitative estimate of drug-likeness (QED) is 0.796. The third-order valence-corrected chi connectivity index (χ3v) is 3.03. The average Bonchev–Trinajstić information content (AvgIpc) is 2.13. The number of methoxy groups -OCH3 is 1. The summed E-state index contributed by atoms with van der Waals surface area (Å²) in [5.74, 6) is 1.09. The summed E-state index contributed by atoms with van der Waals surface area (Å²) in [4.78, 5) is 11.4. The molecule has 0 aliphatic rings. The van der Waals surface area contributed by atoms with Crippen LogP contribution >= 0.6 is 0 Å². The van der Waals surface area contributed by atoms with E-state index in [1.165, 1.54) is 11.1 Å². The van der Waals surface area contributed by atoms with Gasteiger partial charge in [0.05, 0.1) is 7.11 Å². The van der Waals surface area contributed by atoms with E-state index in [-0.39, 0.29) is 11.2 Å². The maximum Gasteiger partial charge on any atom is 0.130 e. The van der Waals surface area contributed by atoms with Crippen molar-refractivity contribution >= 4 is 5.78 Å². The molecule has 1 rings (SSSR count). The van der Waals surface area contributed by atoms with Gasteiger partial charge in [0.15, 0.2) is 0 Å². The molecule has 0 saturated heterocycles. The Kier molecular flexibility index (Phi) is 3.97. The zero-order chi connectivity index (χ0) is 13.2. The van der Waals surface area contributed by atoms with Crippen molar-refractivity contribution in [2.75, 3.05) is 7.11 Å². The predicted molar refractivity (Wildman–Crippen MR) is 70.8 cm³/mol. The maximum absolute atomic E-state index is 11.4. The number of ketones is 1. The van der Waals surface area contributed by atoms with Crippen molar-refractivity contribution in [2.24, 2.45) is 0 Å². The molecule has 0 saturated carbocycles. The van der Waals surface area contributed by atoms with Crippen LogP contribution in [0.25, 0.3) is 0 Å². The van der Waals surface area contributed by atoms with Crippen LogP contribution in [0.1, 0.15) is 43.9 Å². The van der Waals surface area contributed by atoms with Gasteiger partial charge in [-0.1, -0.05) is 19.9 Å². The van der Waals surface area contributed by atoms with Gasteiger partial charge in [-0.25, -0.2) is 0 Å². The van der Waals surface area contributed by atoms with Crippen molar-refractivity contribution in [3.05, 3.63) is 28.8 Å². The molecule has 2 nitrogen and oxygen atoms in total. The molecule has 0 spiro atoms. The minimum absolute atomic E-state index is 0.186. The second-order valence-corrected chi connectivity index (χ2v) is 5.42. The van der Waals surface area contributed by atoms with Crippen LogP contribution < -0.4 is 4.74 Å². The molecule has 0 unspecified atom stereocenters. The first-order valence-electron chi connectivity index (χ1n) is 5.93. The molecule has 0 fully saturated rings. The third kappa shape index (κ3) is 3.09. The SMILES string of the molecule is COc1cc(C)cc(C)c1C(C)(C)CC(C)=O. The Labute approximate surface area is 104 Å². The van der Waals surface area contributed by atoms with Crippen molar-refractivity contribution in [1.29, 1.82) is 0 Å². The first-order chi connectivity index (χ1) is 7.77. The summed E-state index contributed by atoms with van der Waals surface area (Å²) in [6, 6.07) is 4.17. The van der Waals surface area contributed by atoms with Crippen LogP contribution in [-0.2, 0) is 10.2 Å². The van der Waals surface area contributed by atoms with Gasteiger partial charge in [0.25, 0.3) is 0 Å². The lowest BCUT2D eigenvalue weighted by molar-refractivity contribution is -0.118. The Morgan fingerprint density at radius 1 is 1.29 bits per heavy atom. The van der Waals surface area contributed by atoms with E-state index >= 15 is 0 Å². The summed E-state index contributed by atoms with van der Waals surface area (Å²) in [5, 5.41) is 0. The fraction of sp³-hybridized carbons (Fsp3) is 0.533. The highest BCUT2D eigenvalue weighted by atomic mass is 16.5. The van der Waals surface area contributed by atoms with E-state index in [9.17, 15) is 4.79 Å². The Morgan fingerprint density at radius 3 is 2.35 bits per heavy atom. The van der Waals surface area contributed by atoms with Crippen LogP contribution in [0.15, 0.2) is 12.1 Å². The molecule has 1 aromatic carbocycles.